The van der Waals surface area contributed by atoms with Gasteiger partial charge >= 0.3 is 0 Å². The normalized spacial score (nSPS) is 15.1. The van der Waals surface area contributed by atoms with Crippen LogP contribution in [0.1, 0.15) is 114 Å². The molecule has 0 saturated carbocycles. The van der Waals surface area contributed by atoms with Gasteiger partial charge in [-0.05, 0) is 148 Å². The number of nitrogens with two attached hydrogens (primary N) is 1. The van der Waals surface area contributed by atoms with Crippen LogP contribution in [0.2, 0.25) is 20.2 Å². The van der Waals surface area contributed by atoms with Crippen LogP contribution in [0.25, 0.3) is 82.9 Å². The molecule has 5 N–H and O–H groups in total. The van der Waals surface area contributed by atoms with Gasteiger partial charge in [0.1, 0.15) is 42.5 Å². The third kappa shape index (κ3) is 15.6. The van der Waals surface area contributed by atoms with Gasteiger partial charge in [0, 0.05) is 53.4 Å². The number of fused-ring (bicyclic) bond motifs is 6. The number of H-pyrrole nitrogens is 1. The number of ether oxygens (including phenoxy) is 2. The van der Waals surface area contributed by atoms with Gasteiger partial charge in [-0.2, -0.15) is 0 Å². The molecular formula is C77H73Cl4IN18O5. The fraction of sp³-hybridized carbons (Fsp3) is 0.221. The fourth-order valence-corrected chi connectivity index (χ4v) is 14.0. The zero-order valence-electron chi connectivity index (χ0n) is 56.4. The molecule has 9 aromatic heterocycles. The number of para-hydroxylation sites is 3. The molecular weight excluding hydrogens is 1530 g/mol. The first-order valence-electron chi connectivity index (χ1n) is 33.6. The minimum Gasteiger partial charge on any atom is -0.360 e. The average molecular weight is 1600 g/mol. The van der Waals surface area contributed by atoms with E-state index >= 15 is 0 Å². The summed E-state index contributed by atoms with van der Waals surface area (Å²) in [5.74, 6) is 1.21. The summed E-state index contributed by atoms with van der Waals surface area (Å²) in [7, 11) is 0. The Morgan fingerprint density at radius 3 is 1.34 bits per heavy atom. The first kappa shape index (κ1) is 74.7. The van der Waals surface area contributed by atoms with Gasteiger partial charge in [-0.3, -0.25) is 37.2 Å². The van der Waals surface area contributed by atoms with E-state index in [4.69, 9.17) is 61.6 Å². The number of nitrogens with one attached hydrogen (secondary N) is 3. The smallest absolute Gasteiger partial charge is 0.264 e. The third-order valence-electron chi connectivity index (χ3n) is 18.0. The number of aromatic amines is 1. The summed E-state index contributed by atoms with van der Waals surface area (Å²) < 4.78 is 20.6. The van der Waals surface area contributed by atoms with Gasteiger partial charge in [0.2, 0.25) is 0 Å². The Morgan fingerprint density at radius 2 is 0.886 bits per heavy atom. The number of pyridine rings is 3. The summed E-state index contributed by atoms with van der Waals surface area (Å²) in [6.07, 6.45) is 15.9. The highest BCUT2D eigenvalue weighted by molar-refractivity contribution is 14.0. The maximum absolute atomic E-state index is 13.7. The highest BCUT2D eigenvalue weighted by Gasteiger charge is 2.26. The van der Waals surface area contributed by atoms with Crippen LogP contribution < -0.4 is 33.0 Å². The van der Waals surface area contributed by atoms with Crippen molar-refractivity contribution in [2.75, 3.05) is 23.8 Å². The van der Waals surface area contributed by atoms with E-state index in [9.17, 15) is 14.4 Å². The van der Waals surface area contributed by atoms with Gasteiger partial charge in [0.25, 0.3) is 16.7 Å². The van der Waals surface area contributed by atoms with Gasteiger partial charge < -0.3 is 30.8 Å². The number of hydrogen-bond donors (Lipinski definition) is 4. The first-order chi connectivity index (χ1) is 50.2. The summed E-state index contributed by atoms with van der Waals surface area (Å²) in [5, 5.41) is 12.5. The summed E-state index contributed by atoms with van der Waals surface area (Å²) >= 11 is 25.0. The van der Waals surface area contributed by atoms with Crippen molar-refractivity contribution in [2.45, 2.75) is 97.3 Å². The van der Waals surface area contributed by atoms with E-state index in [1.807, 2.05) is 175 Å². The Morgan fingerprint density at radius 1 is 0.476 bits per heavy atom. The maximum atomic E-state index is 13.7. The molecule has 0 aliphatic carbocycles. The molecule has 15 aromatic rings. The number of nitrogens with zero attached hydrogens (tertiary/aromatic N) is 14. The summed E-state index contributed by atoms with van der Waals surface area (Å²) in [6, 6.07) is 50.1. The SMILES string of the molecule is C.C[C@H](N)c1cc2cccc(Cl)c2c(=O)n1-c1ccccc1.C[C@H](Nc1ncnc2c1ncn2C1CCCCO1)c1cc2cccc(Cl)c2c(=O)n1-c1ccccc1.C[C@H](Nc1ncnc2nc[nH]c12)c1cc2cccc(Cl)c2c(=O)n1-c1ccccc1.Clc1ncnc2c1ncn2C1CCCCO1.I. The highest BCUT2D eigenvalue weighted by atomic mass is 127. The molecule has 105 heavy (non-hydrogen) atoms. The predicted molar refractivity (Wildman–Crippen MR) is 428 cm³/mol. The third-order valence-corrected chi connectivity index (χ3v) is 19.2. The zero-order chi connectivity index (χ0) is 71.3. The Labute approximate surface area is 639 Å². The summed E-state index contributed by atoms with van der Waals surface area (Å²) in [5.41, 5.74) is 14.3. The second-order valence-corrected chi connectivity index (χ2v) is 26.3. The molecule has 28 heteroatoms. The molecule has 0 spiro atoms. The molecule has 6 aromatic carbocycles. The van der Waals surface area contributed by atoms with Gasteiger partial charge in [0.05, 0.1) is 62.3 Å². The molecule has 2 aliphatic heterocycles. The van der Waals surface area contributed by atoms with Crippen molar-refractivity contribution >= 4 is 148 Å². The first-order valence-corrected chi connectivity index (χ1v) is 35.1. The molecule has 2 saturated heterocycles. The number of benzene rings is 6. The van der Waals surface area contributed by atoms with Crippen molar-refractivity contribution in [1.29, 1.82) is 0 Å². The number of hydrogen-bond acceptors (Lipinski definition) is 17. The zero-order valence-corrected chi connectivity index (χ0v) is 61.7. The molecule has 0 bridgehead atoms. The molecule has 23 nitrogen and oxygen atoms in total. The summed E-state index contributed by atoms with van der Waals surface area (Å²) in [6.45, 7) is 7.38. The van der Waals surface area contributed by atoms with E-state index in [1.54, 1.807) is 50.9 Å². The lowest BCUT2D eigenvalue weighted by Gasteiger charge is -2.24. The van der Waals surface area contributed by atoms with E-state index in [2.05, 4.69) is 60.5 Å². The lowest BCUT2D eigenvalue weighted by molar-refractivity contribution is -0.0299. The van der Waals surface area contributed by atoms with Gasteiger partial charge in [-0.15, -0.1) is 24.0 Å². The van der Waals surface area contributed by atoms with Crippen molar-refractivity contribution < 1.29 is 9.47 Å². The monoisotopic (exact) mass is 1600 g/mol. The van der Waals surface area contributed by atoms with E-state index in [0.29, 0.717) is 70.2 Å². The van der Waals surface area contributed by atoms with Gasteiger partial charge in [0.15, 0.2) is 39.2 Å². The van der Waals surface area contributed by atoms with Gasteiger partial charge in [-0.1, -0.05) is 145 Å². The van der Waals surface area contributed by atoms with Crippen LogP contribution in [0.3, 0.4) is 0 Å². The molecule has 2 fully saturated rings. The molecule has 5 atom stereocenters. The summed E-state index contributed by atoms with van der Waals surface area (Å²) in [4.78, 5) is 81.7. The molecule has 11 heterocycles. The molecule has 17 rings (SSSR count). The van der Waals surface area contributed by atoms with E-state index in [1.165, 1.54) is 25.4 Å². The molecule has 0 radical (unpaired) electrons. The number of anilines is 2. The van der Waals surface area contributed by atoms with Crippen LogP contribution in [-0.2, 0) is 9.47 Å². The van der Waals surface area contributed by atoms with E-state index < -0.39 is 0 Å². The standard InChI is InChI=1S/C27H25ClN6O2.C22H17ClN6O.C17H15ClN2O.C10H11ClN4O.CH4.HI/c1-17(32-25-24-26(30-15-29-25)33(16-31-24)22-12-5-6-13-36-22)21-14-18-8-7-11-20(28)23(18)27(35)34(21)19-9-3-2-4-10-19;1-13(28-21-19-20(25-11-24-19)26-12-27-21)17-10-14-6-5-9-16(23)18(14)22(30)29(17)15-7-3-2-4-8-15;1-11(19)15-10-12-6-5-9-14(18)16(12)17(21)20(15)13-7-3-2-4-8-13;11-9-8-10(13-5-12-9)15(6-14-8)7-3-1-2-4-16-7;;/h2-4,7-11,14-17,22H,5-6,12-13H2,1H3,(H,29,30,32);2-13H,1H3,(H2,24,25,26,27,28);2-11H,19H2,1H3;5-7H,1-4H2;1H4;1H/t17-,22?;13-;11-;;;/m000.../s1. The minimum atomic E-state index is -0.282. The molecule has 536 valence electrons. The molecule has 2 aliphatic rings. The van der Waals surface area contributed by atoms with Crippen molar-refractivity contribution in [1.82, 2.24) is 72.7 Å². The quantitative estimate of drug-likeness (QED) is 0.0653. The Hall–Kier alpha value is -10.0. The second-order valence-electron chi connectivity index (χ2n) is 24.8. The topological polar surface area (TPSA) is 276 Å². The van der Waals surface area contributed by atoms with E-state index in [0.717, 1.165) is 107 Å². The lowest BCUT2D eigenvalue weighted by Crippen LogP contribution is -2.26. The van der Waals surface area contributed by atoms with Crippen LogP contribution in [0.5, 0.6) is 0 Å². The van der Waals surface area contributed by atoms with Crippen molar-refractivity contribution in [3.63, 3.8) is 0 Å². The highest BCUT2D eigenvalue weighted by Crippen LogP contribution is 2.34. The molecule has 2 unspecified atom stereocenters. The van der Waals surface area contributed by atoms with Gasteiger partial charge in [-0.25, -0.2) is 44.9 Å². The maximum Gasteiger partial charge on any atom is 0.264 e. The van der Waals surface area contributed by atoms with E-state index in [-0.39, 0.29) is 78.7 Å². The number of halogens is 5. The lowest BCUT2D eigenvalue weighted by atomic mass is 10.1. The van der Waals surface area contributed by atoms with Crippen LogP contribution >= 0.6 is 70.4 Å². The number of rotatable bonds is 12. The minimum absolute atomic E-state index is 0. The predicted octanol–water partition coefficient (Wildman–Crippen LogP) is 17.2. The fourth-order valence-electron chi connectivity index (χ4n) is 13.0. The van der Waals surface area contributed by atoms with Crippen molar-refractivity contribution in [3.8, 4) is 17.1 Å². The number of aromatic nitrogens is 15. The van der Waals surface area contributed by atoms with Crippen molar-refractivity contribution in [3.05, 3.63) is 270 Å². The van der Waals surface area contributed by atoms with Crippen LogP contribution in [0, 0.1) is 0 Å². The molecule has 0 amide bonds. The largest absolute Gasteiger partial charge is 0.360 e. The second kappa shape index (κ2) is 33.4. The Bertz CT molecular complexity index is 5750. The number of imidazole rings is 3. The van der Waals surface area contributed by atoms with Crippen molar-refractivity contribution in [2.24, 2.45) is 5.73 Å². The van der Waals surface area contributed by atoms with Crippen LogP contribution in [-0.4, -0.2) is 85.9 Å². The van der Waals surface area contributed by atoms with Crippen LogP contribution in [0.15, 0.2) is 216 Å². The Kier molecular flexibility index (Phi) is 23.7. The van der Waals surface area contributed by atoms with Crippen LogP contribution in [0.4, 0.5) is 11.6 Å². The average Bonchev–Trinajstić information content (AvgIpc) is 1.17. The Balaban J connectivity index is 0.000000136.